The number of rotatable bonds is 10. The van der Waals surface area contributed by atoms with E-state index in [4.69, 9.17) is 18.9 Å². The molecule has 0 spiro atoms. The van der Waals surface area contributed by atoms with Crippen LogP contribution in [-0.4, -0.2) is 66.4 Å². The number of nitrogens with one attached hydrogen (secondary N) is 1. The van der Waals surface area contributed by atoms with Gasteiger partial charge in [-0.1, -0.05) is 0 Å². The molecular formula is C13H27NO4. The van der Waals surface area contributed by atoms with Crippen molar-refractivity contribution in [3.63, 3.8) is 0 Å². The first-order valence-electron chi connectivity index (χ1n) is 6.78. The Labute approximate surface area is 110 Å². The lowest BCUT2D eigenvalue weighted by atomic mass is 9.93. The Morgan fingerprint density at radius 2 is 1.83 bits per heavy atom. The molecule has 0 amide bonds. The molecule has 1 heterocycles. The number of hydrogen-bond donors (Lipinski definition) is 1. The molecule has 18 heavy (non-hydrogen) atoms. The van der Waals surface area contributed by atoms with Crippen molar-refractivity contribution >= 4 is 0 Å². The van der Waals surface area contributed by atoms with Crippen molar-refractivity contribution in [1.29, 1.82) is 0 Å². The number of hydrogen-bond acceptors (Lipinski definition) is 5. The third kappa shape index (κ3) is 6.66. The maximum absolute atomic E-state index is 5.56. The highest BCUT2D eigenvalue weighted by Gasteiger charge is 2.23. The highest BCUT2D eigenvalue weighted by atomic mass is 16.5. The van der Waals surface area contributed by atoms with Crippen molar-refractivity contribution < 1.29 is 18.9 Å². The van der Waals surface area contributed by atoms with Crippen LogP contribution < -0.4 is 5.32 Å². The van der Waals surface area contributed by atoms with Gasteiger partial charge in [0.25, 0.3) is 0 Å². The number of methoxy groups -OCH3 is 1. The Bertz CT molecular complexity index is 192. The van der Waals surface area contributed by atoms with Gasteiger partial charge in [-0.25, -0.2) is 0 Å². The van der Waals surface area contributed by atoms with Crippen LogP contribution in [0.1, 0.15) is 12.8 Å². The van der Waals surface area contributed by atoms with Gasteiger partial charge in [0, 0.05) is 26.4 Å². The summed E-state index contributed by atoms with van der Waals surface area (Å²) in [5, 5.41) is 3.36. The lowest BCUT2D eigenvalue weighted by Gasteiger charge is -2.31. The van der Waals surface area contributed by atoms with Crippen LogP contribution in [-0.2, 0) is 18.9 Å². The van der Waals surface area contributed by atoms with Crippen LogP contribution in [0.15, 0.2) is 0 Å². The van der Waals surface area contributed by atoms with Crippen molar-refractivity contribution in [3.05, 3.63) is 0 Å². The van der Waals surface area contributed by atoms with E-state index in [0.717, 1.165) is 32.7 Å². The topological polar surface area (TPSA) is 49.0 Å². The van der Waals surface area contributed by atoms with Gasteiger partial charge in [0.15, 0.2) is 0 Å². The third-order valence-corrected chi connectivity index (χ3v) is 3.28. The van der Waals surface area contributed by atoms with Crippen molar-refractivity contribution in [2.45, 2.75) is 18.9 Å². The second-order valence-electron chi connectivity index (χ2n) is 4.53. The smallest absolute Gasteiger partial charge is 0.0701 e. The molecular weight excluding hydrogens is 234 g/mol. The molecule has 0 bridgehead atoms. The Morgan fingerprint density at radius 3 is 2.56 bits per heavy atom. The monoisotopic (exact) mass is 261 g/mol. The van der Waals surface area contributed by atoms with E-state index in [9.17, 15) is 0 Å². The Balaban J connectivity index is 1.93. The van der Waals surface area contributed by atoms with Crippen molar-refractivity contribution in [2.24, 2.45) is 5.92 Å². The van der Waals surface area contributed by atoms with E-state index < -0.39 is 0 Å². The van der Waals surface area contributed by atoms with Crippen molar-refractivity contribution in [1.82, 2.24) is 5.32 Å². The van der Waals surface area contributed by atoms with Crippen LogP contribution in [0.25, 0.3) is 0 Å². The second-order valence-corrected chi connectivity index (χ2v) is 4.53. The van der Waals surface area contributed by atoms with Crippen molar-refractivity contribution in [2.75, 3.05) is 60.4 Å². The minimum atomic E-state index is 0.568. The summed E-state index contributed by atoms with van der Waals surface area (Å²) in [6, 6.07) is 0.570. The molecule has 0 saturated carbocycles. The molecule has 1 rings (SSSR count). The zero-order chi connectivity index (χ0) is 13.1. The molecule has 0 radical (unpaired) electrons. The molecule has 0 aromatic rings. The zero-order valence-corrected chi connectivity index (χ0v) is 11.7. The molecule has 0 aliphatic carbocycles. The van der Waals surface area contributed by atoms with Crippen LogP contribution in [0.5, 0.6) is 0 Å². The fraction of sp³-hybridized carbons (Fsp3) is 1.00. The van der Waals surface area contributed by atoms with Crippen molar-refractivity contribution in [3.8, 4) is 0 Å². The molecule has 2 unspecified atom stereocenters. The Hall–Kier alpha value is -0.200. The van der Waals surface area contributed by atoms with E-state index in [1.165, 1.54) is 0 Å². The van der Waals surface area contributed by atoms with E-state index in [2.05, 4.69) is 5.32 Å². The summed E-state index contributed by atoms with van der Waals surface area (Å²) in [5.41, 5.74) is 0. The van der Waals surface area contributed by atoms with Crippen LogP contribution in [0.4, 0.5) is 0 Å². The quantitative estimate of drug-likeness (QED) is 0.586. The lowest BCUT2D eigenvalue weighted by Crippen LogP contribution is -2.41. The summed E-state index contributed by atoms with van der Waals surface area (Å²) in [6.45, 7) is 5.07. The standard InChI is InChI=1S/C13H27NO4/c1-14-13-4-6-18-11-12(13)3-5-16-9-10-17-8-7-15-2/h12-14H,3-11H2,1-2H3. The largest absolute Gasteiger partial charge is 0.382 e. The predicted octanol–water partition coefficient (Wildman–Crippen LogP) is 0.681. The second kappa shape index (κ2) is 10.7. The maximum Gasteiger partial charge on any atom is 0.0701 e. The first kappa shape index (κ1) is 15.9. The van der Waals surface area contributed by atoms with Gasteiger partial charge >= 0.3 is 0 Å². The van der Waals surface area contributed by atoms with Crippen LogP contribution in [0.2, 0.25) is 0 Å². The minimum Gasteiger partial charge on any atom is -0.382 e. The van der Waals surface area contributed by atoms with Crippen LogP contribution in [0.3, 0.4) is 0 Å². The molecule has 0 aromatic heterocycles. The molecule has 5 nitrogen and oxygen atoms in total. The van der Waals surface area contributed by atoms with Gasteiger partial charge in [0.2, 0.25) is 0 Å². The summed E-state index contributed by atoms with van der Waals surface area (Å²) >= 11 is 0. The predicted molar refractivity (Wildman–Crippen MR) is 69.9 cm³/mol. The van der Waals surface area contributed by atoms with E-state index >= 15 is 0 Å². The summed E-state index contributed by atoms with van der Waals surface area (Å²) in [7, 11) is 3.69. The van der Waals surface area contributed by atoms with Gasteiger partial charge in [0.1, 0.15) is 0 Å². The average Bonchev–Trinajstić information content (AvgIpc) is 2.42. The number of ether oxygens (including phenoxy) is 4. The van der Waals surface area contributed by atoms with Crippen LogP contribution in [0, 0.1) is 5.92 Å². The van der Waals surface area contributed by atoms with Gasteiger partial charge in [-0.15, -0.1) is 0 Å². The van der Waals surface area contributed by atoms with Crippen LogP contribution >= 0.6 is 0 Å². The Morgan fingerprint density at radius 1 is 1.11 bits per heavy atom. The minimum absolute atomic E-state index is 0.568. The zero-order valence-electron chi connectivity index (χ0n) is 11.7. The fourth-order valence-corrected chi connectivity index (χ4v) is 2.16. The molecule has 1 aliphatic rings. The third-order valence-electron chi connectivity index (χ3n) is 3.28. The fourth-order valence-electron chi connectivity index (χ4n) is 2.16. The maximum atomic E-state index is 5.56. The highest BCUT2D eigenvalue weighted by molar-refractivity contribution is 4.78. The average molecular weight is 261 g/mol. The van der Waals surface area contributed by atoms with Gasteiger partial charge in [-0.3, -0.25) is 0 Å². The molecule has 108 valence electrons. The summed E-state index contributed by atoms with van der Waals surface area (Å²) in [6.07, 6.45) is 2.14. The SMILES string of the molecule is CNC1CCOCC1CCOCCOCCOC. The molecule has 1 fully saturated rings. The van der Waals surface area contributed by atoms with Gasteiger partial charge < -0.3 is 24.3 Å². The molecule has 0 aromatic carbocycles. The molecule has 1 saturated heterocycles. The van der Waals surface area contributed by atoms with Gasteiger partial charge in [-0.2, -0.15) is 0 Å². The van der Waals surface area contributed by atoms with E-state index in [1.807, 2.05) is 7.05 Å². The first-order valence-corrected chi connectivity index (χ1v) is 6.78. The molecule has 2 atom stereocenters. The Kier molecular flexibility index (Phi) is 9.42. The molecule has 5 heteroatoms. The van der Waals surface area contributed by atoms with Gasteiger partial charge in [-0.05, 0) is 25.8 Å². The first-order chi connectivity index (χ1) is 8.88. The van der Waals surface area contributed by atoms with E-state index in [0.29, 0.717) is 38.4 Å². The van der Waals surface area contributed by atoms with E-state index in [1.54, 1.807) is 7.11 Å². The summed E-state index contributed by atoms with van der Waals surface area (Å²) in [4.78, 5) is 0. The highest BCUT2D eigenvalue weighted by Crippen LogP contribution is 2.17. The summed E-state index contributed by atoms with van der Waals surface area (Å²) < 4.78 is 21.3. The normalized spacial score (nSPS) is 24.3. The van der Waals surface area contributed by atoms with E-state index in [-0.39, 0.29) is 0 Å². The summed E-state index contributed by atoms with van der Waals surface area (Å²) in [5.74, 6) is 0.568. The molecule has 1 aliphatic heterocycles. The van der Waals surface area contributed by atoms with Gasteiger partial charge in [0.05, 0.1) is 33.0 Å². The molecule has 1 N–H and O–H groups in total. The lowest BCUT2D eigenvalue weighted by molar-refractivity contribution is -0.000119.